The molecule has 0 bridgehead atoms. The zero-order valence-electron chi connectivity index (χ0n) is 14.5. The summed E-state index contributed by atoms with van der Waals surface area (Å²) in [7, 11) is 0. The van der Waals surface area contributed by atoms with Crippen LogP contribution in [0.1, 0.15) is 20.8 Å². The highest BCUT2D eigenvalue weighted by Crippen LogP contribution is 2.16. The van der Waals surface area contributed by atoms with Gasteiger partial charge in [-0.2, -0.15) is 0 Å². The largest absolute Gasteiger partial charge is 0.489 e. The molecule has 0 aromatic carbocycles. The van der Waals surface area contributed by atoms with Gasteiger partial charge < -0.3 is 18.8 Å². The van der Waals surface area contributed by atoms with Gasteiger partial charge in [0.15, 0.2) is 17.3 Å². The number of hydrogen-bond acceptors (Lipinski definition) is 7. The van der Waals surface area contributed by atoms with Gasteiger partial charge in [-0.25, -0.2) is 9.97 Å². The van der Waals surface area contributed by atoms with E-state index < -0.39 is 0 Å². The molecule has 0 aliphatic heterocycles. The van der Waals surface area contributed by atoms with Crippen molar-refractivity contribution in [2.45, 2.75) is 26.9 Å². The van der Waals surface area contributed by atoms with Crippen molar-refractivity contribution in [3.8, 4) is 17.3 Å². The SMILES string of the molecule is CC(=O)OC(C)CN(CCOc1cnc(-c2ccco2)nc1)C(C)=O. The Kier molecular flexibility index (Phi) is 6.50. The Balaban J connectivity index is 1.83. The molecule has 0 saturated carbocycles. The van der Waals surface area contributed by atoms with Crippen LogP contribution in [0.15, 0.2) is 35.2 Å². The van der Waals surface area contributed by atoms with Gasteiger partial charge in [0.05, 0.1) is 31.7 Å². The number of nitrogens with zero attached hydrogens (tertiary/aromatic N) is 3. The van der Waals surface area contributed by atoms with E-state index >= 15 is 0 Å². The van der Waals surface area contributed by atoms with Crippen LogP contribution in [0.5, 0.6) is 5.75 Å². The summed E-state index contributed by atoms with van der Waals surface area (Å²) in [6, 6.07) is 3.53. The molecule has 0 aliphatic carbocycles. The maximum absolute atomic E-state index is 11.7. The Morgan fingerprint density at radius 3 is 2.56 bits per heavy atom. The number of amides is 1. The normalized spacial score (nSPS) is 11.6. The van der Waals surface area contributed by atoms with Crippen molar-refractivity contribution < 1.29 is 23.5 Å². The Labute approximate surface area is 145 Å². The average molecular weight is 347 g/mol. The Morgan fingerprint density at radius 1 is 1.28 bits per heavy atom. The van der Waals surface area contributed by atoms with Crippen molar-refractivity contribution in [1.29, 1.82) is 0 Å². The van der Waals surface area contributed by atoms with Crippen LogP contribution in [0, 0.1) is 0 Å². The number of ether oxygens (including phenoxy) is 2. The van der Waals surface area contributed by atoms with Crippen LogP contribution in [0.2, 0.25) is 0 Å². The fourth-order valence-electron chi connectivity index (χ4n) is 2.21. The van der Waals surface area contributed by atoms with Crippen LogP contribution in [0.4, 0.5) is 0 Å². The molecule has 0 radical (unpaired) electrons. The van der Waals surface area contributed by atoms with E-state index in [1.54, 1.807) is 42.6 Å². The summed E-state index contributed by atoms with van der Waals surface area (Å²) < 4.78 is 15.8. The number of hydrogen-bond donors (Lipinski definition) is 0. The second-order valence-electron chi connectivity index (χ2n) is 5.45. The van der Waals surface area contributed by atoms with Gasteiger partial charge in [0, 0.05) is 13.8 Å². The van der Waals surface area contributed by atoms with E-state index in [9.17, 15) is 9.59 Å². The number of aromatic nitrogens is 2. The second-order valence-corrected chi connectivity index (χ2v) is 5.45. The topological polar surface area (TPSA) is 94.8 Å². The third kappa shape index (κ3) is 5.91. The standard InChI is InChI=1S/C17H21N3O5/c1-12(25-14(3)22)11-20(13(2)21)6-8-23-15-9-18-17(19-10-15)16-5-4-7-24-16/h4-5,7,9-10,12H,6,8,11H2,1-3H3. The molecule has 134 valence electrons. The summed E-state index contributed by atoms with van der Waals surface area (Å²) >= 11 is 0. The quantitative estimate of drug-likeness (QED) is 0.673. The minimum absolute atomic E-state index is 0.119. The molecule has 2 heterocycles. The van der Waals surface area contributed by atoms with E-state index in [0.717, 1.165) is 0 Å². The van der Waals surface area contributed by atoms with Crippen molar-refractivity contribution in [3.63, 3.8) is 0 Å². The Morgan fingerprint density at radius 2 is 2.00 bits per heavy atom. The minimum Gasteiger partial charge on any atom is -0.489 e. The van der Waals surface area contributed by atoms with Gasteiger partial charge in [-0.15, -0.1) is 0 Å². The summed E-state index contributed by atoms with van der Waals surface area (Å²) in [6.07, 6.45) is 4.27. The molecule has 0 spiro atoms. The smallest absolute Gasteiger partial charge is 0.302 e. The molecule has 25 heavy (non-hydrogen) atoms. The van der Waals surface area contributed by atoms with E-state index in [0.29, 0.717) is 30.4 Å². The van der Waals surface area contributed by atoms with Gasteiger partial charge in [-0.1, -0.05) is 0 Å². The van der Waals surface area contributed by atoms with Gasteiger partial charge in [0.1, 0.15) is 12.7 Å². The summed E-state index contributed by atoms with van der Waals surface area (Å²) in [4.78, 5) is 32.5. The fourth-order valence-corrected chi connectivity index (χ4v) is 2.21. The van der Waals surface area contributed by atoms with Crippen LogP contribution in [0.3, 0.4) is 0 Å². The first kappa shape index (κ1) is 18.4. The van der Waals surface area contributed by atoms with E-state index in [2.05, 4.69) is 9.97 Å². The van der Waals surface area contributed by atoms with Crippen LogP contribution < -0.4 is 4.74 Å². The highest BCUT2D eigenvalue weighted by Gasteiger charge is 2.15. The molecule has 1 unspecified atom stereocenters. The number of carbonyl (C=O) groups is 2. The lowest BCUT2D eigenvalue weighted by molar-refractivity contribution is -0.148. The maximum atomic E-state index is 11.7. The first-order valence-corrected chi connectivity index (χ1v) is 7.87. The summed E-state index contributed by atoms with van der Waals surface area (Å²) in [6.45, 7) is 5.48. The van der Waals surface area contributed by atoms with E-state index in [1.165, 1.54) is 13.8 Å². The van der Waals surface area contributed by atoms with Crippen LogP contribution in [0.25, 0.3) is 11.6 Å². The lowest BCUT2D eigenvalue weighted by Gasteiger charge is -2.24. The first-order chi connectivity index (χ1) is 12.0. The van der Waals surface area contributed by atoms with Crippen LogP contribution >= 0.6 is 0 Å². The average Bonchev–Trinajstić information content (AvgIpc) is 3.08. The van der Waals surface area contributed by atoms with Crippen LogP contribution in [-0.4, -0.2) is 52.5 Å². The molecule has 2 aromatic rings. The van der Waals surface area contributed by atoms with Gasteiger partial charge in [0.2, 0.25) is 5.91 Å². The third-order valence-electron chi connectivity index (χ3n) is 3.29. The lowest BCUT2D eigenvalue weighted by Crippen LogP contribution is -2.39. The van der Waals surface area contributed by atoms with E-state index in [4.69, 9.17) is 13.9 Å². The molecule has 0 fully saturated rings. The van der Waals surface area contributed by atoms with Gasteiger partial charge in [-0.05, 0) is 19.1 Å². The fraction of sp³-hybridized carbons (Fsp3) is 0.412. The molecule has 0 N–H and O–H groups in total. The van der Waals surface area contributed by atoms with Crippen molar-refractivity contribution in [1.82, 2.24) is 14.9 Å². The Hall–Kier alpha value is -2.90. The second kappa shape index (κ2) is 8.81. The zero-order chi connectivity index (χ0) is 18.2. The monoisotopic (exact) mass is 347 g/mol. The molecule has 2 aromatic heterocycles. The molecule has 8 nitrogen and oxygen atoms in total. The predicted octanol–water partition coefficient (Wildman–Crippen LogP) is 1.92. The molecule has 1 atom stereocenters. The van der Waals surface area contributed by atoms with Crippen molar-refractivity contribution in [2.75, 3.05) is 19.7 Å². The van der Waals surface area contributed by atoms with Crippen molar-refractivity contribution in [3.05, 3.63) is 30.8 Å². The molecular weight excluding hydrogens is 326 g/mol. The molecule has 1 amide bonds. The highest BCUT2D eigenvalue weighted by atomic mass is 16.5. The first-order valence-electron chi connectivity index (χ1n) is 7.87. The number of esters is 1. The van der Waals surface area contributed by atoms with E-state index in [1.807, 2.05) is 0 Å². The lowest BCUT2D eigenvalue weighted by atomic mass is 10.3. The molecule has 8 heteroatoms. The van der Waals surface area contributed by atoms with Gasteiger partial charge in [-0.3, -0.25) is 9.59 Å². The zero-order valence-corrected chi connectivity index (χ0v) is 14.5. The predicted molar refractivity (Wildman–Crippen MR) is 88.7 cm³/mol. The minimum atomic E-state index is -0.377. The van der Waals surface area contributed by atoms with Gasteiger partial charge >= 0.3 is 5.97 Å². The molecule has 0 aliphatic rings. The number of rotatable bonds is 8. The number of furan rings is 1. The summed E-state index contributed by atoms with van der Waals surface area (Å²) in [5, 5.41) is 0. The van der Waals surface area contributed by atoms with Gasteiger partial charge in [0.25, 0.3) is 0 Å². The van der Waals surface area contributed by atoms with Crippen LogP contribution in [-0.2, 0) is 14.3 Å². The maximum Gasteiger partial charge on any atom is 0.302 e. The van der Waals surface area contributed by atoms with E-state index in [-0.39, 0.29) is 24.6 Å². The molecule has 0 saturated heterocycles. The molecule has 2 rings (SSSR count). The van der Waals surface area contributed by atoms with Crippen molar-refractivity contribution in [2.24, 2.45) is 0 Å². The molecular formula is C17H21N3O5. The highest BCUT2D eigenvalue weighted by molar-refractivity contribution is 5.73. The third-order valence-corrected chi connectivity index (χ3v) is 3.29. The van der Waals surface area contributed by atoms with Crippen molar-refractivity contribution >= 4 is 11.9 Å². The summed E-state index contributed by atoms with van der Waals surface area (Å²) in [5.74, 6) is 1.05. The number of carbonyl (C=O) groups excluding carboxylic acids is 2. The summed E-state index contributed by atoms with van der Waals surface area (Å²) in [5.41, 5.74) is 0. The Bertz CT molecular complexity index is 685.